The van der Waals surface area contributed by atoms with Gasteiger partial charge in [-0.15, -0.1) is 0 Å². The molecular formula is C99H70N4. The molecule has 0 amide bonds. The van der Waals surface area contributed by atoms with Crippen molar-refractivity contribution < 1.29 is 0 Å². The van der Waals surface area contributed by atoms with Crippen molar-refractivity contribution >= 4 is 77.7 Å². The molecule has 0 aliphatic heterocycles. The average molecular weight is 1320 g/mol. The summed E-state index contributed by atoms with van der Waals surface area (Å²) in [7, 11) is 0. The van der Waals surface area contributed by atoms with E-state index in [0.29, 0.717) is 0 Å². The minimum atomic E-state index is -0.303. The molecule has 2 heterocycles. The van der Waals surface area contributed by atoms with Crippen LogP contribution in [-0.4, -0.2) is 9.13 Å². The Morgan fingerprint density at radius 1 is 0.204 bits per heavy atom. The van der Waals surface area contributed by atoms with Crippen molar-refractivity contribution in [3.8, 4) is 89.3 Å². The molecule has 0 saturated carbocycles. The van der Waals surface area contributed by atoms with Crippen LogP contribution >= 0.6 is 0 Å². The number of benzene rings is 16. The second-order valence-corrected chi connectivity index (χ2v) is 27.6. The zero-order valence-electron chi connectivity index (χ0n) is 57.2. The van der Waals surface area contributed by atoms with Crippen LogP contribution in [0.1, 0.15) is 25.0 Å². The summed E-state index contributed by atoms with van der Waals surface area (Å²) >= 11 is 0. The third kappa shape index (κ3) is 10.7. The molecule has 103 heavy (non-hydrogen) atoms. The zero-order valence-corrected chi connectivity index (χ0v) is 57.2. The second kappa shape index (κ2) is 25.2. The maximum absolute atomic E-state index is 2.49. The summed E-state index contributed by atoms with van der Waals surface area (Å²) in [5, 5.41) is 4.99. The van der Waals surface area contributed by atoms with Crippen molar-refractivity contribution in [2.75, 3.05) is 9.80 Å². The molecular weight excluding hydrogens is 1250 g/mol. The molecule has 0 fully saturated rings. The summed E-state index contributed by atoms with van der Waals surface area (Å²) in [6.45, 7) is 4.80. The molecule has 16 aromatic carbocycles. The van der Waals surface area contributed by atoms with Crippen LogP contribution in [0, 0.1) is 0 Å². The lowest BCUT2D eigenvalue weighted by molar-refractivity contribution is 0.660. The smallest absolute Gasteiger partial charge is 0.0547 e. The molecule has 486 valence electrons. The van der Waals surface area contributed by atoms with Crippen molar-refractivity contribution in [3.63, 3.8) is 0 Å². The monoisotopic (exact) mass is 1310 g/mol. The highest BCUT2D eigenvalue weighted by Gasteiger charge is 2.37. The van der Waals surface area contributed by atoms with Gasteiger partial charge in [0.25, 0.3) is 0 Å². The van der Waals surface area contributed by atoms with Crippen LogP contribution in [0.5, 0.6) is 0 Å². The molecule has 1 aliphatic carbocycles. The van der Waals surface area contributed by atoms with Gasteiger partial charge in [0.1, 0.15) is 0 Å². The van der Waals surface area contributed by atoms with E-state index >= 15 is 0 Å². The SMILES string of the molecule is CC1(C)c2cc(N(c3ccc(-c4ccccc4)cc3)c3ccc(-c4ccccc4)cc3)ccc2-c2ccc(-n3c4ccccc4c4c(-c5cccc(-c6ccc(N(c7ccc(-c8ccccc8)cc7)c7ccc(-c8ccc(-n9c%10ccccc%10c%10ccccc%109)cc8)cc7)cc6)c5)cccc43)cc21. The van der Waals surface area contributed by atoms with Crippen molar-refractivity contribution in [3.05, 3.63) is 399 Å². The maximum atomic E-state index is 2.49. The lowest BCUT2D eigenvalue weighted by Gasteiger charge is -2.28. The zero-order chi connectivity index (χ0) is 68.5. The van der Waals surface area contributed by atoms with Crippen LogP contribution in [0.15, 0.2) is 388 Å². The van der Waals surface area contributed by atoms with E-state index in [-0.39, 0.29) is 5.41 Å². The fraction of sp³-hybridized carbons (Fsp3) is 0.0303. The number of hydrogen-bond donors (Lipinski definition) is 0. The normalized spacial score (nSPS) is 12.3. The lowest BCUT2D eigenvalue weighted by atomic mass is 9.82. The van der Waals surface area contributed by atoms with Gasteiger partial charge in [-0.1, -0.05) is 275 Å². The molecule has 0 unspecified atom stereocenters. The Kier molecular flexibility index (Phi) is 14.9. The fourth-order valence-corrected chi connectivity index (χ4v) is 16.2. The molecule has 0 bridgehead atoms. The highest BCUT2D eigenvalue weighted by Crippen LogP contribution is 2.53. The van der Waals surface area contributed by atoms with Gasteiger partial charge in [0.2, 0.25) is 0 Å². The number of para-hydroxylation sites is 3. The summed E-state index contributed by atoms with van der Waals surface area (Å²) in [6, 6.07) is 142. The number of aromatic nitrogens is 2. The van der Waals surface area contributed by atoms with E-state index < -0.39 is 0 Å². The molecule has 0 saturated heterocycles. The van der Waals surface area contributed by atoms with Crippen molar-refractivity contribution in [2.24, 2.45) is 0 Å². The van der Waals surface area contributed by atoms with Gasteiger partial charge in [0.05, 0.1) is 22.1 Å². The van der Waals surface area contributed by atoms with Crippen LogP contribution in [-0.2, 0) is 5.41 Å². The minimum absolute atomic E-state index is 0.303. The Hall–Kier alpha value is -13.3. The van der Waals surface area contributed by atoms with Crippen LogP contribution in [0.3, 0.4) is 0 Å². The van der Waals surface area contributed by atoms with E-state index in [1.807, 2.05) is 0 Å². The largest absolute Gasteiger partial charge is 0.311 e. The molecule has 4 nitrogen and oxygen atoms in total. The average Bonchev–Trinajstić information content (AvgIpc) is 1.56. The Morgan fingerprint density at radius 2 is 0.515 bits per heavy atom. The lowest BCUT2D eigenvalue weighted by Crippen LogP contribution is -2.17. The fourth-order valence-electron chi connectivity index (χ4n) is 16.2. The van der Waals surface area contributed by atoms with Gasteiger partial charge in [-0.2, -0.15) is 0 Å². The first-order valence-electron chi connectivity index (χ1n) is 35.6. The summed E-state index contributed by atoms with van der Waals surface area (Å²) < 4.78 is 4.86. The first-order chi connectivity index (χ1) is 50.8. The standard InChI is InChI=1S/C99H70N4/c1-99(2)92-65-84(101(81-52-38-71(39-53-81)68-22-8-4-9-23-68)82-54-40-72(41-55-82)69-24-10-5-11-25-69)60-62-87(92)88-63-61-85(66-93(88)99)103-96-34-17-14-30-91(96)98-86(31-19-35-97(98)103)77-27-18-26-76(64-77)75-46-56-80(57-47-75)100(78-48-36-70(37-49-78)67-20-6-3-7-21-67)79-50-42-73(43-51-79)74-44-58-83(59-45-74)102-94-32-15-12-28-89(94)90-29-13-16-33-95(90)102/h3-66H,1-2H3. The summed E-state index contributed by atoms with van der Waals surface area (Å²) in [6.07, 6.45) is 0. The Morgan fingerprint density at radius 3 is 0.990 bits per heavy atom. The molecule has 0 N–H and O–H groups in total. The van der Waals surface area contributed by atoms with E-state index in [9.17, 15) is 0 Å². The third-order valence-electron chi connectivity index (χ3n) is 21.4. The van der Waals surface area contributed by atoms with Crippen LogP contribution in [0.25, 0.3) is 133 Å². The van der Waals surface area contributed by atoms with Gasteiger partial charge >= 0.3 is 0 Å². The molecule has 4 heteroatoms. The Bertz CT molecular complexity index is 6050. The van der Waals surface area contributed by atoms with Gasteiger partial charge in [-0.3, -0.25) is 0 Å². The Balaban J connectivity index is 0.632. The van der Waals surface area contributed by atoms with Crippen molar-refractivity contribution in [2.45, 2.75) is 19.3 Å². The molecule has 0 atom stereocenters. The maximum Gasteiger partial charge on any atom is 0.0547 e. The van der Waals surface area contributed by atoms with E-state index in [4.69, 9.17) is 0 Å². The molecule has 19 rings (SSSR count). The molecule has 2 aromatic heterocycles. The summed E-state index contributed by atoms with van der Waals surface area (Å²) in [4.78, 5) is 4.78. The quantitative estimate of drug-likeness (QED) is 0.108. The van der Waals surface area contributed by atoms with E-state index in [0.717, 1.165) is 62.2 Å². The van der Waals surface area contributed by atoms with E-state index in [1.54, 1.807) is 0 Å². The molecule has 0 spiro atoms. The number of hydrogen-bond acceptors (Lipinski definition) is 2. The second-order valence-electron chi connectivity index (χ2n) is 27.6. The molecule has 0 radical (unpaired) electrons. The molecule has 18 aromatic rings. The van der Waals surface area contributed by atoms with Crippen LogP contribution in [0.4, 0.5) is 34.1 Å². The predicted molar refractivity (Wildman–Crippen MR) is 435 cm³/mol. The van der Waals surface area contributed by atoms with Gasteiger partial charge in [-0.25, -0.2) is 0 Å². The van der Waals surface area contributed by atoms with Crippen molar-refractivity contribution in [1.82, 2.24) is 9.13 Å². The number of rotatable bonds is 14. The number of nitrogens with zero attached hydrogens (tertiary/aromatic N) is 4. The highest BCUT2D eigenvalue weighted by atomic mass is 15.1. The third-order valence-corrected chi connectivity index (χ3v) is 21.4. The highest BCUT2D eigenvalue weighted by molar-refractivity contribution is 6.16. The van der Waals surface area contributed by atoms with Gasteiger partial charge in [0, 0.05) is 72.5 Å². The minimum Gasteiger partial charge on any atom is -0.311 e. The van der Waals surface area contributed by atoms with E-state index in [2.05, 4.69) is 421 Å². The van der Waals surface area contributed by atoms with Crippen molar-refractivity contribution in [1.29, 1.82) is 0 Å². The van der Waals surface area contributed by atoms with E-state index in [1.165, 1.54) is 116 Å². The molecule has 1 aliphatic rings. The van der Waals surface area contributed by atoms with Gasteiger partial charge in [-0.05, 0) is 216 Å². The first kappa shape index (κ1) is 60.9. The Labute approximate surface area is 600 Å². The predicted octanol–water partition coefficient (Wildman–Crippen LogP) is 27.1. The summed E-state index contributed by atoms with van der Waals surface area (Å²) in [5.41, 5.74) is 32.7. The topological polar surface area (TPSA) is 16.3 Å². The van der Waals surface area contributed by atoms with Gasteiger partial charge in [0.15, 0.2) is 0 Å². The number of anilines is 6. The van der Waals surface area contributed by atoms with Gasteiger partial charge < -0.3 is 18.9 Å². The summed E-state index contributed by atoms with van der Waals surface area (Å²) in [5.74, 6) is 0. The van der Waals surface area contributed by atoms with Crippen LogP contribution < -0.4 is 9.80 Å². The first-order valence-corrected chi connectivity index (χ1v) is 35.6. The number of fused-ring (bicyclic) bond motifs is 9. The van der Waals surface area contributed by atoms with Crippen LogP contribution in [0.2, 0.25) is 0 Å².